The van der Waals surface area contributed by atoms with Crippen LogP contribution in [0.15, 0.2) is 71.5 Å². The summed E-state index contributed by atoms with van der Waals surface area (Å²) in [6, 6.07) is 19.9. The minimum Gasteiger partial charge on any atom is -0.480 e. The van der Waals surface area contributed by atoms with Crippen LogP contribution in [-0.4, -0.2) is 45.5 Å². The van der Waals surface area contributed by atoms with Crippen molar-refractivity contribution >= 4 is 38.3 Å². The number of benzene rings is 3. The van der Waals surface area contributed by atoms with E-state index in [0.717, 1.165) is 26.9 Å². The molecule has 1 unspecified atom stereocenters. The van der Waals surface area contributed by atoms with Gasteiger partial charge >= 0.3 is 5.97 Å². The number of carboxylic acid groups (broad SMARTS) is 1. The Morgan fingerprint density at radius 3 is 2.31 bits per heavy atom. The third-order valence-corrected chi connectivity index (χ3v) is 8.33. The number of hydrogen-bond acceptors (Lipinski definition) is 6. The Balaban J connectivity index is 1.44. The fourth-order valence-electron chi connectivity index (χ4n) is 3.94. The molecule has 186 valence electrons. The first-order chi connectivity index (χ1) is 17.1. The van der Waals surface area contributed by atoms with Crippen LogP contribution in [0.3, 0.4) is 0 Å². The highest BCUT2D eigenvalue weighted by atomic mass is 35.5. The number of carboxylic acids is 1. The minimum atomic E-state index is -4.00. The van der Waals surface area contributed by atoms with E-state index in [9.17, 15) is 23.1 Å². The number of hydrogen-bond donors (Lipinski definition) is 1. The summed E-state index contributed by atoms with van der Waals surface area (Å²) >= 11 is 5.93. The lowest BCUT2D eigenvalue weighted by molar-refractivity contribution is -0.136. The van der Waals surface area contributed by atoms with Gasteiger partial charge in [0.15, 0.2) is 15.1 Å². The normalized spacial score (nSPS) is 12.5. The second-order valence-electron chi connectivity index (χ2n) is 8.57. The Morgan fingerprint density at radius 2 is 1.67 bits per heavy atom. The van der Waals surface area contributed by atoms with E-state index in [1.54, 1.807) is 30.3 Å². The molecule has 1 N–H and O–H groups in total. The molecule has 3 aromatic carbocycles. The number of fused-ring (bicyclic) bond motifs is 1. The third-order valence-electron chi connectivity index (χ3n) is 6.00. The van der Waals surface area contributed by atoms with Crippen molar-refractivity contribution in [2.45, 2.75) is 31.6 Å². The number of aliphatic carboxylic acids is 1. The van der Waals surface area contributed by atoms with Crippen LogP contribution >= 0.6 is 11.6 Å². The highest BCUT2D eigenvalue weighted by molar-refractivity contribution is 7.92. The molecule has 1 atom stereocenters. The van der Waals surface area contributed by atoms with E-state index in [-0.39, 0.29) is 25.1 Å². The molecule has 1 aromatic heterocycles. The molecule has 1 heterocycles. The van der Waals surface area contributed by atoms with Crippen LogP contribution in [0.5, 0.6) is 0 Å². The van der Waals surface area contributed by atoms with Gasteiger partial charge in [-0.1, -0.05) is 64.8 Å². The molecule has 0 aliphatic heterocycles. The number of sulfone groups is 1. The lowest BCUT2D eigenvalue weighted by Crippen LogP contribution is -2.35. The standard InChI is InChI=1S/C26H24ClN3O5S/c1-17-2-11-23-22(16-17)25(31)30(29-28-23)14-12-24(26(32)33)36(34,35)15-13-18-3-5-19(6-4-18)20-7-9-21(27)10-8-20/h2-11,16,24H,12-15H2,1H3,(H,32,33). The summed E-state index contributed by atoms with van der Waals surface area (Å²) in [6.45, 7) is 1.66. The van der Waals surface area contributed by atoms with Gasteiger partial charge in [-0.2, -0.15) is 0 Å². The number of carbonyl (C=O) groups is 1. The van der Waals surface area contributed by atoms with Crippen LogP contribution in [0.25, 0.3) is 22.0 Å². The summed E-state index contributed by atoms with van der Waals surface area (Å²) in [5, 5.41) is 16.8. The largest absolute Gasteiger partial charge is 0.480 e. The Morgan fingerprint density at radius 1 is 1.03 bits per heavy atom. The van der Waals surface area contributed by atoms with E-state index >= 15 is 0 Å². The average Bonchev–Trinajstić information content (AvgIpc) is 2.85. The summed E-state index contributed by atoms with van der Waals surface area (Å²) in [6.07, 6.45) is -0.124. The molecule has 4 aromatic rings. The molecule has 0 bridgehead atoms. The smallest absolute Gasteiger partial charge is 0.321 e. The van der Waals surface area contributed by atoms with Gasteiger partial charge in [0.1, 0.15) is 5.52 Å². The second kappa shape index (κ2) is 10.6. The van der Waals surface area contributed by atoms with Gasteiger partial charge in [0, 0.05) is 11.6 Å². The molecular weight excluding hydrogens is 502 g/mol. The Labute approximate surface area is 213 Å². The van der Waals surface area contributed by atoms with Crippen molar-refractivity contribution in [2.24, 2.45) is 0 Å². The second-order valence-corrected chi connectivity index (χ2v) is 11.3. The zero-order chi connectivity index (χ0) is 25.9. The first-order valence-electron chi connectivity index (χ1n) is 11.3. The lowest BCUT2D eigenvalue weighted by Gasteiger charge is -2.14. The Bertz CT molecular complexity index is 1570. The van der Waals surface area contributed by atoms with Crippen LogP contribution in [0.4, 0.5) is 0 Å². The van der Waals surface area contributed by atoms with Crippen molar-refractivity contribution in [3.05, 3.63) is 93.2 Å². The number of nitrogens with zero attached hydrogens (tertiary/aromatic N) is 3. The molecule has 4 rings (SSSR count). The van der Waals surface area contributed by atoms with Gasteiger partial charge in [0.2, 0.25) is 0 Å². The van der Waals surface area contributed by atoms with Gasteiger partial charge in [-0.15, -0.1) is 5.10 Å². The molecule has 0 fully saturated rings. The maximum Gasteiger partial charge on any atom is 0.321 e. The quantitative estimate of drug-likeness (QED) is 0.351. The van der Waals surface area contributed by atoms with Crippen LogP contribution in [0.2, 0.25) is 5.02 Å². The Hall–Kier alpha value is -3.56. The fraction of sp³-hybridized carbons (Fsp3) is 0.231. The summed E-state index contributed by atoms with van der Waals surface area (Å²) < 4.78 is 26.8. The molecule has 0 aliphatic rings. The predicted octanol–water partition coefficient (Wildman–Crippen LogP) is 3.92. The molecule has 0 spiro atoms. The van der Waals surface area contributed by atoms with Gasteiger partial charge in [0.05, 0.1) is 11.1 Å². The predicted molar refractivity (Wildman–Crippen MR) is 139 cm³/mol. The van der Waals surface area contributed by atoms with Crippen molar-refractivity contribution in [2.75, 3.05) is 5.75 Å². The highest BCUT2D eigenvalue weighted by Crippen LogP contribution is 2.22. The van der Waals surface area contributed by atoms with Crippen molar-refractivity contribution in [3.8, 4) is 11.1 Å². The van der Waals surface area contributed by atoms with Crippen molar-refractivity contribution < 1.29 is 18.3 Å². The topological polar surface area (TPSA) is 119 Å². The summed E-state index contributed by atoms with van der Waals surface area (Å²) in [7, 11) is -4.00. The Kier molecular flexibility index (Phi) is 7.51. The summed E-state index contributed by atoms with van der Waals surface area (Å²) in [5.74, 6) is -1.78. The summed E-state index contributed by atoms with van der Waals surface area (Å²) in [4.78, 5) is 24.6. The van der Waals surface area contributed by atoms with Gasteiger partial charge in [0.25, 0.3) is 5.56 Å². The maximum absolute atomic E-state index is 12.9. The number of aryl methyl sites for hydroxylation is 3. The van der Waals surface area contributed by atoms with Gasteiger partial charge < -0.3 is 5.11 Å². The zero-order valence-corrected chi connectivity index (χ0v) is 21.0. The van der Waals surface area contributed by atoms with Crippen LogP contribution in [0, 0.1) is 6.92 Å². The van der Waals surface area contributed by atoms with Gasteiger partial charge in [-0.3, -0.25) is 9.59 Å². The van der Waals surface area contributed by atoms with Crippen molar-refractivity contribution in [1.29, 1.82) is 0 Å². The number of aromatic nitrogens is 3. The van der Waals surface area contributed by atoms with E-state index in [2.05, 4.69) is 10.3 Å². The number of rotatable bonds is 9. The molecule has 8 nitrogen and oxygen atoms in total. The van der Waals surface area contributed by atoms with E-state index in [0.29, 0.717) is 15.9 Å². The molecule has 0 saturated heterocycles. The maximum atomic E-state index is 12.9. The SMILES string of the molecule is Cc1ccc2nnn(CCC(C(=O)O)S(=O)(=O)CCc3ccc(-c4ccc(Cl)cc4)cc3)c(=O)c2c1. The first-order valence-corrected chi connectivity index (χ1v) is 13.4. The monoisotopic (exact) mass is 525 g/mol. The van der Waals surface area contributed by atoms with Crippen molar-refractivity contribution in [3.63, 3.8) is 0 Å². The molecule has 0 saturated carbocycles. The lowest BCUT2D eigenvalue weighted by atomic mass is 10.0. The molecule has 36 heavy (non-hydrogen) atoms. The number of halogens is 1. The van der Waals surface area contributed by atoms with E-state index < -0.39 is 26.6 Å². The van der Waals surface area contributed by atoms with E-state index in [4.69, 9.17) is 11.6 Å². The van der Waals surface area contributed by atoms with Gasteiger partial charge in [-0.05, 0) is 60.7 Å². The molecular formula is C26H24ClN3O5S. The highest BCUT2D eigenvalue weighted by Gasteiger charge is 2.32. The van der Waals surface area contributed by atoms with Crippen LogP contribution < -0.4 is 5.56 Å². The fourth-order valence-corrected chi connectivity index (χ4v) is 5.64. The average molecular weight is 526 g/mol. The zero-order valence-electron chi connectivity index (χ0n) is 19.5. The summed E-state index contributed by atoms with van der Waals surface area (Å²) in [5.41, 5.74) is 3.56. The minimum absolute atomic E-state index is 0.169. The van der Waals surface area contributed by atoms with E-state index in [1.807, 2.05) is 43.3 Å². The van der Waals surface area contributed by atoms with Crippen LogP contribution in [0.1, 0.15) is 17.5 Å². The first kappa shape index (κ1) is 25.5. The van der Waals surface area contributed by atoms with Crippen molar-refractivity contribution in [1.82, 2.24) is 15.0 Å². The van der Waals surface area contributed by atoms with E-state index in [1.165, 1.54) is 0 Å². The van der Waals surface area contributed by atoms with Crippen LogP contribution in [-0.2, 0) is 27.6 Å². The molecule has 0 aliphatic carbocycles. The molecule has 10 heteroatoms. The molecule has 0 radical (unpaired) electrons. The molecule has 0 amide bonds. The van der Waals surface area contributed by atoms with Gasteiger partial charge in [-0.25, -0.2) is 13.1 Å². The third kappa shape index (κ3) is 5.80.